The molecule has 1 aromatic heterocycles. The third-order valence-corrected chi connectivity index (χ3v) is 4.05. The molecule has 25 heavy (non-hydrogen) atoms. The van der Waals surface area contributed by atoms with E-state index < -0.39 is 0 Å². The van der Waals surface area contributed by atoms with Crippen LogP contribution < -0.4 is 4.74 Å². The molecule has 0 aliphatic heterocycles. The van der Waals surface area contributed by atoms with Crippen LogP contribution in [0, 0.1) is 25.2 Å². The van der Waals surface area contributed by atoms with Crippen LogP contribution in [0.5, 0.6) is 5.75 Å². The number of H-pyrrole nitrogens is 1. The molecule has 0 aliphatic rings. The minimum absolute atomic E-state index is 0.413. The molecule has 0 atom stereocenters. The Labute approximate surface area is 147 Å². The number of hydrogen-bond donors (Lipinski definition) is 1. The Hall–Kier alpha value is -3.32. The molecule has 0 aliphatic carbocycles. The molecule has 0 saturated heterocycles. The first-order valence-electron chi connectivity index (χ1n) is 8.04. The fourth-order valence-corrected chi connectivity index (χ4v) is 2.59. The quantitative estimate of drug-likeness (QED) is 0.540. The van der Waals surface area contributed by atoms with Crippen molar-refractivity contribution >= 4 is 22.7 Å². The van der Waals surface area contributed by atoms with Gasteiger partial charge in [0.05, 0.1) is 16.6 Å². The van der Waals surface area contributed by atoms with Crippen LogP contribution in [0.15, 0.2) is 49.1 Å². The van der Waals surface area contributed by atoms with Crippen LogP contribution in [0.25, 0.3) is 22.7 Å². The van der Waals surface area contributed by atoms with E-state index in [0.717, 1.165) is 16.6 Å². The average Bonchev–Trinajstić information content (AvgIpc) is 3.01. The smallest absolute Gasteiger partial charge is 0.149 e. The summed E-state index contributed by atoms with van der Waals surface area (Å²) in [4.78, 5) is 7.81. The lowest BCUT2D eigenvalue weighted by Crippen LogP contribution is -1.95. The lowest BCUT2D eigenvalue weighted by atomic mass is 10.1. The predicted octanol–water partition coefficient (Wildman–Crippen LogP) is 4.81. The van der Waals surface area contributed by atoms with E-state index in [1.54, 1.807) is 12.2 Å². The van der Waals surface area contributed by atoms with Crippen LogP contribution in [-0.2, 0) is 0 Å². The molecular weight excluding hydrogens is 310 g/mol. The molecular formula is C21H19N3O. The summed E-state index contributed by atoms with van der Waals surface area (Å²) in [6.07, 6.45) is 3.48. The van der Waals surface area contributed by atoms with Gasteiger partial charge in [0.1, 0.15) is 24.3 Å². The number of nitrogens with zero attached hydrogens (tertiary/aromatic N) is 2. The van der Waals surface area contributed by atoms with Crippen molar-refractivity contribution in [2.45, 2.75) is 13.8 Å². The van der Waals surface area contributed by atoms with Gasteiger partial charge in [-0.25, -0.2) is 4.98 Å². The molecule has 1 heterocycles. The second-order valence-corrected chi connectivity index (χ2v) is 5.85. The van der Waals surface area contributed by atoms with E-state index in [0.29, 0.717) is 23.8 Å². The Bertz CT molecular complexity index is 967. The average molecular weight is 329 g/mol. The molecule has 3 rings (SSSR count). The highest BCUT2D eigenvalue weighted by Gasteiger charge is 2.10. The molecule has 4 nitrogen and oxygen atoms in total. The van der Waals surface area contributed by atoms with Gasteiger partial charge in [-0.2, -0.15) is 5.26 Å². The molecule has 0 unspecified atom stereocenters. The zero-order valence-corrected chi connectivity index (χ0v) is 14.3. The van der Waals surface area contributed by atoms with E-state index in [-0.39, 0.29) is 0 Å². The number of ether oxygens (including phenoxy) is 1. The molecule has 3 aromatic rings. The van der Waals surface area contributed by atoms with Crippen molar-refractivity contribution in [1.82, 2.24) is 9.97 Å². The molecule has 0 saturated carbocycles. The first-order valence-corrected chi connectivity index (χ1v) is 8.04. The number of aromatic amines is 1. The number of aryl methyl sites for hydroxylation is 2. The number of imidazole rings is 1. The molecule has 4 heteroatoms. The van der Waals surface area contributed by atoms with E-state index >= 15 is 0 Å². The summed E-state index contributed by atoms with van der Waals surface area (Å²) in [7, 11) is 0. The van der Waals surface area contributed by atoms with Gasteiger partial charge in [0.15, 0.2) is 0 Å². The molecule has 0 radical (unpaired) electrons. The summed E-state index contributed by atoms with van der Waals surface area (Å²) in [6.45, 7) is 8.19. The van der Waals surface area contributed by atoms with Gasteiger partial charge in [0.2, 0.25) is 0 Å². The maximum absolute atomic E-state index is 9.61. The Balaban J connectivity index is 2.05. The molecule has 0 spiro atoms. The predicted molar refractivity (Wildman–Crippen MR) is 101 cm³/mol. The standard InChI is InChI=1S/C21H19N3O/c1-4-9-25-20-8-6-5-7-16(20)12-17(13-22)21-23-18-10-14(2)15(3)11-19(18)24-21/h4-8,10-12H,1,9H2,2-3H3,(H,23,24)/b17-12-. The highest BCUT2D eigenvalue weighted by Crippen LogP contribution is 2.25. The Morgan fingerprint density at radius 3 is 2.80 bits per heavy atom. The molecule has 0 fully saturated rings. The number of fused-ring (bicyclic) bond motifs is 1. The second kappa shape index (κ2) is 7.06. The van der Waals surface area contributed by atoms with Crippen LogP contribution in [0.1, 0.15) is 22.5 Å². The van der Waals surface area contributed by atoms with Crippen LogP contribution in [0.2, 0.25) is 0 Å². The van der Waals surface area contributed by atoms with E-state index in [9.17, 15) is 5.26 Å². The van der Waals surface area contributed by atoms with Crippen molar-refractivity contribution in [2.75, 3.05) is 6.61 Å². The van der Waals surface area contributed by atoms with Gasteiger partial charge < -0.3 is 9.72 Å². The zero-order valence-electron chi connectivity index (χ0n) is 14.3. The number of allylic oxidation sites excluding steroid dienone is 1. The van der Waals surface area contributed by atoms with E-state index in [1.165, 1.54) is 11.1 Å². The first kappa shape index (κ1) is 16.5. The topological polar surface area (TPSA) is 61.7 Å². The lowest BCUT2D eigenvalue weighted by molar-refractivity contribution is 0.362. The number of aromatic nitrogens is 2. The minimum Gasteiger partial charge on any atom is -0.489 e. The number of benzene rings is 2. The van der Waals surface area contributed by atoms with E-state index in [1.807, 2.05) is 30.3 Å². The Kier molecular flexibility index (Phi) is 4.67. The van der Waals surface area contributed by atoms with Crippen LogP contribution in [0.4, 0.5) is 0 Å². The third kappa shape index (κ3) is 3.46. The van der Waals surface area contributed by atoms with Crippen LogP contribution >= 0.6 is 0 Å². The number of nitrogens with one attached hydrogen (secondary N) is 1. The van der Waals surface area contributed by atoms with Gasteiger partial charge in [0, 0.05) is 5.56 Å². The lowest BCUT2D eigenvalue weighted by Gasteiger charge is -2.07. The number of hydrogen-bond acceptors (Lipinski definition) is 3. The van der Waals surface area contributed by atoms with Crippen LogP contribution in [-0.4, -0.2) is 16.6 Å². The van der Waals surface area contributed by atoms with Gasteiger partial charge in [-0.05, 0) is 49.2 Å². The van der Waals surface area contributed by atoms with E-state index in [4.69, 9.17) is 4.74 Å². The Morgan fingerprint density at radius 2 is 2.04 bits per heavy atom. The van der Waals surface area contributed by atoms with E-state index in [2.05, 4.69) is 42.5 Å². The summed E-state index contributed by atoms with van der Waals surface area (Å²) in [5, 5.41) is 9.61. The van der Waals surface area contributed by atoms with Crippen molar-refractivity contribution in [2.24, 2.45) is 0 Å². The third-order valence-electron chi connectivity index (χ3n) is 4.05. The molecule has 1 N–H and O–H groups in total. The summed E-state index contributed by atoms with van der Waals surface area (Å²) in [5.41, 5.74) is 5.44. The summed E-state index contributed by atoms with van der Waals surface area (Å²) < 4.78 is 5.66. The molecule has 124 valence electrons. The van der Waals surface area contributed by atoms with Crippen molar-refractivity contribution in [3.8, 4) is 11.8 Å². The summed E-state index contributed by atoms with van der Waals surface area (Å²) in [6, 6.07) is 13.9. The zero-order chi connectivity index (χ0) is 17.8. The van der Waals surface area contributed by atoms with Gasteiger partial charge in [-0.1, -0.05) is 30.9 Å². The number of nitriles is 1. The first-order chi connectivity index (χ1) is 12.1. The molecule has 0 amide bonds. The van der Waals surface area contributed by atoms with Crippen molar-refractivity contribution in [1.29, 1.82) is 5.26 Å². The van der Waals surface area contributed by atoms with Gasteiger partial charge >= 0.3 is 0 Å². The van der Waals surface area contributed by atoms with Gasteiger partial charge in [-0.3, -0.25) is 0 Å². The fraction of sp³-hybridized carbons (Fsp3) is 0.143. The minimum atomic E-state index is 0.413. The second-order valence-electron chi connectivity index (χ2n) is 5.85. The molecule has 2 aromatic carbocycles. The summed E-state index contributed by atoms with van der Waals surface area (Å²) >= 11 is 0. The van der Waals surface area contributed by atoms with Crippen molar-refractivity contribution in [3.05, 3.63) is 71.6 Å². The summed E-state index contributed by atoms with van der Waals surface area (Å²) in [5.74, 6) is 1.26. The monoisotopic (exact) mass is 329 g/mol. The van der Waals surface area contributed by atoms with Crippen molar-refractivity contribution in [3.63, 3.8) is 0 Å². The fourth-order valence-electron chi connectivity index (χ4n) is 2.59. The largest absolute Gasteiger partial charge is 0.489 e. The number of para-hydroxylation sites is 1. The highest BCUT2D eigenvalue weighted by atomic mass is 16.5. The van der Waals surface area contributed by atoms with Crippen LogP contribution in [0.3, 0.4) is 0 Å². The number of rotatable bonds is 5. The van der Waals surface area contributed by atoms with Gasteiger partial charge in [0.25, 0.3) is 0 Å². The molecule has 0 bridgehead atoms. The highest BCUT2D eigenvalue weighted by molar-refractivity contribution is 5.91. The maximum Gasteiger partial charge on any atom is 0.149 e. The Morgan fingerprint density at radius 1 is 1.28 bits per heavy atom. The SMILES string of the molecule is C=CCOc1ccccc1/C=C(/C#N)c1nc2cc(C)c(C)cc2[nH]1. The van der Waals surface area contributed by atoms with Gasteiger partial charge in [-0.15, -0.1) is 0 Å². The van der Waals surface area contributed by atoms with Crippen molar-refractivity contribution < 1.29 is 4.74 Å². The normalized spacial score (nSPS) is 11.3. The maximum atomic E-state index is 9.61.